The Morgan fingerprint density at radius 2 is 1.74 bits per heavy atom. The van der Waals surface area contributed by atoms with Crippen LogP contribution in [0.5, 0.6) is 5.75 Å². The fraction of sp³-hybridized carbons (Fsp3) is 0.316. The van der Waals surface area contributed by atoms with E-state index in [0.29, 0.717) is 13.0 Å². The van der Waals surface area contributed by atoms with Crippen molar-refractivity contribution in [3.8, 4) is 5.75 Å². The van der Waals surface area contributed by atoms with Gasteiger partial charge in [0.25, 0.3) is 0 Å². The summed E-state index contributed by atoms with van der Waals surface area (Å²) in [6.45, 7) is 0.498. The molecule has 0 aliphatic rings. The number of hydrogen-bond donors (Lipinski definition) is 3. The molecule has 146 valence electrons. The predicted octanol–water partition coefficient (Wildman–Crippen LogP) is 0.801. The first-order chi connectivity index (χ1) is 12.9. The third kappa shape index (κ3) is 8.21. The maximum absolute atomic E-state index is 11.6. The highest BCUT2D eigenvalue weighted by Gasteiger charge is 2.15. The van der Waals surface area contributed by atoms with E-state index in [4.69, 9.17) is 10.5 Å². The van der Waals surface area contributed by atoms with Crippen LogP contribution < -0.4 is 20.5 Å². The SMILES string of the molecule is CS(=O)(=O)NC(CNC(=O)CN)Cc1ccc(OCc2ccccc2)cc1. The van der Waals surface area contributed by atoms with Crippen LogP contribution in [0.2, 0.25) is 0 Å². The number of ether oxygens (including phenoxy) is 1. The fourth-order valence-electron chi connectivity index (χ4n) is 2.51. The number of nitrogens with one attached hydrogen (secondary N) is 2. The van der Waals surface area contributed by atoms with E-state index < -0.39 is 16.1 Å². The summed E-state index contributed by atoms with van der Waals surface area (Å²) in [6, 6.07) is 16.8. The third-order valence-corrected chi connectivity index (χ3v) is 4.53. The van der Waals surface area contributed by atoms with Crippen molar-refractivity contribution in [2.24, 2.45) is 5.73 Å². The molecular formula is C19H25N3O4S. The highest BCUT2D eigenvalue weighted by atomic mass is 32.2. The second kappa shape index (κ2) is 10.1. The summed E-state index contributed by atoms with van der Waals surface area (Å²) >= 11 is 0. The average molecular weight is 391 g/mol. The molecule has 2 rings (SSSR count). The zero-order chi connectivity index (χ0) is 19.7. The van der Waals surface area contributed by atoms with Gasteiger partial charge in [0.2, 0.25) is 15.9 Å². The van der Waals surface area contributed by atoms with Gasteiger partial charge in [0.05, 0.1) is 12.8 Å². The van der Waals surface area contributed by atoms with E-state index in [2.05, 4.69) is 10.0 Å². The first-order valence-electron chi connectivity index (χ1n) is 8.55. The fourth-order valence-corrected chi connectivity index (χ4v) is 3.29. The molecule has 0 spiro atoms. The molecule has 2 aromatic carbocycles. The minimum Gasteiger partial charge on any atom is -0.489 e. The van der Waals surface area contributed by atoms with Crippen LogP contribution in [0, 0.1) is 0 Å². The monoisotopic (exact) mass is 391 g/mol. The van der Waals surface area contributed by atoms with Gasteiger partial charge in [-0.05, 0) is 29.7 Å². The first kappa shape index (κ1) is 20.9. The quantitative estimate of drug-likeness (QED) is 0.555. The van der Waals surface area contributed by atoms with Gasteiger partial charge in [-0.2, -0.15) is 0 Å². The molecule has 1 atom stereocenters. The number of hydrogen-bond acceptors (Lipinski definition) is 5. The van der Waals surface area contributed by atoms with E-state index in [1.165, 1.54) is 0 Å². The topological polar surface area (TPSA) is 111 Å². The van der Waals surface area contributed by atoms with Gasteiger partial charge in [0.1, 0.15) is 12.4 Å². The second-order valence-corrected chi connectivity index (χ2v) is 8.00. The summed E-state index contributed by atoms with van der Waals surface area (Å²) in [6.07, 6.45) is 1.52. The van der Waals surface area contributed by atoms with Crippen LogP contribution in [-0.4, -0.2) is 39.7 Å². The number of carbonyl (C=O) groups excluding carboxylic acids is 1. The normalized spacial score (nSPS) is 12.4. The van der Waals surface area contributed by atoms with Crippen molar-refractivity contribution in [1.29, 1.82) is 0 Å². The molecule has 0 saturated carbocycles. The van der Waals surface area contributed by atoms with Gasteiger partial charge in [-0.15, -0.1) is 0 Å². The average Bonchev–Trinajstić information content (AvgIpc) is 2.65. The summed E-state index contributed by atoms with van der Waals surface area (Å²) in [5.41, 5.74) is 7.26. The standard InChI is InChI=1S/C19H25N3O4S/c1-27(24,25)22-17(13-21-19(23)12-20)11-15-7-9-18(10-8-15)26-14-16-5-3-2-4-6-16/h2-10,17,22H,11-14,20H2,1H3,(H,21,23). The number of nitrogens with two attached hydrogens (primary N) is 1. The van der Waals surface area contributed by atoms with Gasteiger partial charge in [0.15, 0.2) is 0 Å². The molecule has 0 aliphatic heterocycles. The Kier molecular flexibility index (Phi) is 7.78. The molecule has 27 heavy (non-hydrogen) atoms. The molecule has 0 bridgehead atoms. The summed E-state index contributed by atoms with van der Waals surface area (Å²) in [5, 5.41) is 2.61. The van der Waals surface area contributed by atoms with E-state index in [0.717, 1.165) is 23.1 Å². The Morgan fingerprint density at radius 1 is 1.07 bits per heavy atom. The van der Waals surface area contributed by atoms with E-state index in [1.807, 2.05) is 54.6 Å². The molecule has 1 unspecified atom stereocenters. The molecule has 8 heteroatoms. The lowest BCUT2D eigenvalue weighted by molar-refractivity contribution is -0.119. The molecule has 0 aromatic heterocycles. The molecule has 0 radical (unpaired) electrons. The van der Waals surface area contributed by atoms with Crippen molar-refractivity contribution >= 4 is 15.9 Å². The zero-order valence-electron chi connectivity index (χ0n) is 15.2. The van der Waals surface area contributed by atoms with Gasteiger partial charge >= 0.3 is 0 Å². The van der Waals surface area contributed by atoms with Gasteiger partial charge in [-0.3, -0.25) is 4.79 Å². The van der Waals surface area contributed by atoms with Gasteiger partial charge in [0, 0.05) is 12.6 Å². The largest absolute Gasteiger partial charge is 0.489 e. The summed E-state index contributed by atoms with van der Waals surface area (Å²) in [7, 11) is -3.40. The molecule has 0 saturated heterocycles. The Morgan fingerprint density at radius 3 is 2.33 bits per heavy atom. The summed E-state index contributed by atoms with van der Waals surface area (Å²) < 4.78 is 31.4. The Hall–Kier alpha value is -2.42. The van der Waals surface area contributed by atoms with Crippen LogP contribution in [0.4, 0.5) is 0 Å². The molecule has 1 amide bonds. The van der Waals surface area contributed by atoms with Crippen molar-refractivity contribution < 1.29 is 17.9 Å². The number of carbonyl (C=O) groups is 1. The van der Waals surface area contributed by atoms with Crippen LogP contribution in [0.1, 0.15) is 11.1 Å². The summed E-state index contributed by atoms with van der Waals surface area (Å²) in [4.78, 5) is 11.3. The predicted molar refractivity (Wildman–Crippen MR) is 105 cm³/mol. The molecule has 0 fully saturated rings. The van der Waals surface area contributed by atoms with Gasteiger partial charge < -0.3 is 15.8 Å². The Bertz CT molecular complexity index is 824. The lowest BCUT2D eigenvalue weighted by atomic mass is 10.1. The van der Waals surface area contributed by atoms with E-state index >= 15 is 0 Å². The number of benzene rings is 2. The van der Waals surface area contributed by atoms with Gasteiger partial charge in [-0.25, -0.2) is 13.1 Å². The first-order valence-corrected chi connectivity index (χ1v) is 10.4. The van der Waals surface area contributed by atoms with Crippen LogP contribution >= 0.6 is 0 Å². The van der Waals surface area contributed by atoms with E-state index in [9.17, 15) is 13.2 Å². The number of rotatable bonds is 10. The highest BCUT2D eigenvalue weighted by molar-refractivity contribution is 7.88. The maximum atomic E-state index is 11.6. The van der Waals surface area contributed by atoms with Gasteiger partial charge in [-0.1, -0.05) is 42.5 Å². The Labute approximate surface area is 160 Å². The van der Waals surface area contributed by atoms with Crippen LogP contribution in [0.15, 0.2) is 54.6 Å². The molecule has 0 heterocycles. The van der Waals surface area contributed by atoms with Crippen LogP contribution in [-0.2, 0) is 27.8 Å². The minimum atomic E-state index is -3.40. The lowest BCUT2D eigenvalue weighted by Crippen LogP contribution is -2.45. The third-order valence-electron chi connectivity index (χ3n) is 3.77. The van der Waals surface area contributed by atoms with Crippen LogP contribution in [0.3, 0.4) is 0 Å². The molecule has 7 nitrogen and oxygen atoms in total. The number of sulfonamides is 1. The van der Waals surface area contributed by atoms with Crippen LogP contribution in [0.25, 0.3) is 0 Å². The molecule has 4 N–H and O–H groups in total. The lowest BCUT2D eigenvalue weighted by Gasteiger charge is -2.18. The second-order valence-electron chi connectivity index (χ2n) is 6.22. The van der Waals surface area contributed by atoms with Crippen molar-refractivity contribution in [2.75, 3.05) is 19.3 Å². The molecule has 2 aromatic rings. The molecule has 0 aliphatic carbocycles. The van der Waals surface area contributed by atoms with E-state index in [-0.39, 0.29) is 19.0 Å². The van der Waals surface area contributed by atoms with E-state index in [1.54, 1.807) is 0 Å². The molecular weight excluding hydrogens is 366 g/mol. The zero-order valence-corrected chi connectivity index (χ0v) is 16.0. The Balaban J connectivity index is 1.94. The number of amides is 1. The summed E-state index contributed by atoms with van der Waals surface area (Å²) in [5.74, 6) is 0.395. The van der Waals surface area contributed by atoms with Crippen molar-refractivity contribution in [2.45, 2.75) is 19.1 Å². The highest BCUT2D eigenvalue weighted by Crippen LogP contribution is 2.15. The van der Waals surface area contributed by atoms with Crippen molar-refractivity contribution in [3.05, 3.63) is 65.7 Å². The minimum absolute atomic E-state index is 0.140. The smallest absolute Gasteiger partial charge is 0.233 e. The van der Waals surface area contributed by atoms with Crippen molar-refractivity contribution in [3.63, 3.8) is 0 Å². The van der Waals surface area contributed by atoms with Crippen molar-refractivity contribution in [1.82, 2.24) is 10.0 Å². The maximum Gasteiger partial charge on any atom is 0.233 e.